The first-order chi connectivity index (χ1) is 8.68. The number of carbonyl (C=O) groups excluding carboxylic acids is 1. The van der Waals surface area contributed by atoms with E-state index in [1.807, 2.05) is 0 Å². The maximum atomic E-state index is 12.5. The first-order valence-corrected chi connectivity index (χ1v) is 6.99. The van der Waals surface area contributed by atoms with Crippen LogP contribution < -0.4 is 0 Å². The van der Waals surface area contributed by atoms with Gasteiger partial charge in [-0.1, -0.05) is 12.8 Å². The fourth-order valence-corrected chi connectivity index (χ4v) is 3.06. The highest BCUT2D eigenvalue weighted by Gasteiger charge is 2.34. The topological polar surface area (TPSA) is 23.6 Å². The van der Waals surface area contributed by atoms with E-state index in [0.717, 1.165) is 32.5 Å². The van der Waals surface area contributed by atoms with Gasteiger partial charge in [-0.2, -0.15) is 8.78 Å². The molecule has 1 amide bonds. The van der Waals surface area contributed by atoms with Crippen LogP contribution in [0.2, 0.25) is 0 Å². The summed E-state index contributed by atoms with van der Waals surface area (Å²) in [5.41, 5.74) is 0. The van der Waals surface area contributed by atoms with Crippen molar-refractivity contribution in [3.05, 3.63) is 0 Å². The lowest BCUT2D eigenvalue weighted by molar-refractivity contribution is -0.144. The molecule has 2 fully saturated rings. The van der Waals surface area contributed by atoms with E-state index in [9.17, 15) is 13.6 Å². The molecule has 0 aromatic rings. The van der Waals surface area contributed by atoms with Crippen LogP contribution in [0.1, 0.15) is 38.5 Å². The predicted octanol–water partition coefficient (Wildman–Crippen LogP) is 2.12. The van der Waals surface area contributed by atoms with Gasteiger partial charge in [0.15, 0.2) is 0 Å². The summed E-state index contributed by atoms with van der Waals surface area (Å²) < 4.78 is 25.0. The second-order valence-electron chi connectivity index (χ2n) is 5.34. The summed E-state index contributed by atoms with van der Waals surface area (Å²) in [6.45, 7) is 3.38. The van der Waals surface area contributed by atoms with E-state index in [1.54, 1.807) is 0 Å². The average molecular weight is 260 g/mol. The van der Waals surface area contributed by atoms with E-state index < -0.39 is 12.3 Å². The number of amides is 1. The molecule has 2 heterocycles. The number of nitrogens with zero attached hydrogens (tertiary/aromatic N) is 2. The molecule has 0 bridgehead atoms. The molecule has 0 saturated carbocycles. The molecule has 18 heavy (non-hydrogen) atoms. The van der Waals surface area contributed by atoms with Crippen LogP contribution in [0.5, 0.6) is 0 Å². The first kappa shape index (κ1) is 13.7. The van der Waals surface area contributed by atoms with Crippen molar-refractivity contribution in [2.45, 2.75) is 51.0 Å². The lowest BCUT2D eigenvalue weighted by Crippen LogP contribution is -2.45. The molecule has 2 aliphatic heterocycles. The molecule has 0 radical (unpaired) electrons. The lowest BCUT2D eigenvalue weighted by atomic mass is 10.2. The number of hydrogen-bond acceptors (Lipinski definition) is 2. The SMILES string of the molecule is O=C(C(F)F)N1CCC[C@H]1CN1CCCCCC1. The van der Waals surface area contributed by atoms with Crippen LogP contribution in [0.3, 0.4) is 0 Å². The number of alkyl halides is 2. The zero-order chi connectivity index (χ0) is 13.0. The molecule has 3 nitrogen and oxygen atoms in total. The van der Waals surface area contributed by atoms with E-state index in [0.29, 0.717) is 6.54 Å². The molecule has 1 atom stereocenters. The zero-order valence-electron chi connectivity index (χ0n) is 10.8. The van der Waals surface area contributed by atoms with Crippen molar-refractivity contribution in [2.75, 3.05) is 26.2 Å². The van der Waals surface area contributed by atoms with Crippen molar-refractivity contribution >= 4 is 5.91 Å². The maximum absolute atomic E-state index is 12.5. The van der Waals surface area contributed by atoms with Gasteiger partial charge in [0.1, 0.15) is 0 Å². The number of halogens is 2. The quantitative estimate of drug-likeness (QED) is 0.776. The Morgan fingerprint density at radius 2 is 1.72 bits per heavy atom. The highest BCUT2D eigenvalue weighted by Crippen LogP contribution is 2.21. The third kappa shape index (κ3) is 3.40. The molecule has 2 rings (SSSR count). The minimum atomic E-state index is -2.85. The maximum Gasteiger partial charge on any atom is 0.315 e. The second kappa shape index (κ2) is 6.45. The van der Waals surface area contributed by atoms with E-state index in [1.165, 1.54) is 30.6 Å². The van der Waals surface area contributed by atoms with Gasteiger partial charge >= 0.3 is 6.43 Å². The van der Waals surface area contributed by atoms with Gasteiger partial charge < -0.3 is 9.80 Å². The molecule has 2 saturated heterocycles. The van der Waals surface area contributed by atoms with Crippen LogP contribution in [0.15, 0.2) is 0 Å². The summed E-state index contributed by atoms with van der Waals surface area (Å²) in [7, 11) is 0. The van der Waals surface area contributed by atoms with E-state index in [2.05, 4.69) is 4.90 Å². The van der Waals surface area contributed by atoms with Crippen LogP contribution in [-0.4, -0.2) is 54.4 Å². The van der Waals surface area contributed by atoms with Crippen molar-refractivity contribution in [2.24, 2.45) is 0 Å². The molecular formula is C13H22F2N2O. The predicted molar refractivity (Wildman–Crippen MR) is 65.6 cm³/mol. The highest BCUT2D eigenvalue weighted by atomic mass is 19.3. The van der Waals surface area contributed by atoms with Crippen molar-refractivity contribution in [3.63, 3.8) is 0 Å². The van der Waals surface area contributed by atoms with Crippen molar-refractivity contribution in [1.29, 1.82) is 0 Å². The molecule has 104 valence electrons. The first-order valence-electron chi connectivity index (χ1n) is 6.99. The largest absolute Gasteiger partial charge is 0.333 e. The van der Waals surface area contributed by atoms with E-state index >= 15 is 0 Å². The monoisotopic (exact) mass is 260 g/mol. The van der Waals surface area contributed by atoms with Gasteiger partial charge in [-0.15, -0.1) is 0 Å². The smallest absolute Gasteiger partial charge is 0.315 e. The molecule has 0 unspecified atom stereocenters. The average Bonchev–Trinajstić information content (AvgIpc) is 2.63. The van der Waals surface area contributed by atoms with Crippen LogP contribution in [0, 0.1) is 0 Å². The molecule has 0 aromatic heterocycles. The van der Waals surface area contributed by atoms with E-state index in [-0.39, 0.29) is 6.04 Å². The van der Waals surface area contributed by atoms with Gasteiger partial charge in [0.25, 0.3) is 5.91 Å². The van der Waals surface area contributed by atoms with Gasteiger partial charge in [0, 0.05) is 19.1 Å². The second-order valence-corrected chi connectivity index (χ2v) is 5.34. The molecule has 0 aliphatic carbocycles. The Morgan fingerprint density at radius 1 is 1.06 bits per heavy atom. The van der Waals surface area contributed by atoms with Crippen molar-refractivity contribution < 1.29 is 13.6 Å². The Bertz CT molecular complexity index is 278. The minimum absolute atomic E-state index is 0.00426. The minimum Gasteiger partial charge on any atom is -0.333 e. The zero-order valence-corrected chi connectivity index (χ0v) is 10.8. The molecule has 0 spiro atoms. The molecular weight excluding hydrogens is 238 g/mol. The summed E-state index contributed by atoms with van der Waals surface area (Å²) in [6.07, 6.45) is 3.79. The molecule has 0 aromatic carbocycles. The summed E-state index contributed by atoms with van der Waals surface area (Å²) >= 11 is 0. The van der Waals surface area contributed by atoms with Crippen molar-refractivity contribution in [1.82, 2.24) is 9.80 Å². The van der Waals surface area contributed by atoms with Crippen LogP contribution in [-0.2, 0) is 4.79 Å². The molecule has 5 heteroatoms. The lowest BCUT2D eigenvalue weighted by Gasteiger charge is -2.30. The van der Waals surface area contributed by atoms with Gasteiger partial charge in [0.05, 0.1) is 0 Å². The summed E-state index contributed by atoms with van der Waals surface area (Å²) in [5.74, 6) is -0.979. The van der Waals surface area contributed by atoms with Crippen molar-refractivity contribution in [3.8, 4) is 0 Å². The van der Waals surface area contributed by atoms with Gasteiger partial charge in [0.2, 0.25) is 0 Å². The Labute approximate surface area is 107 Å². The number of hydrogen-bond donors (Lipinski definition) is 0. The standard InChI is InChI=1S/C13H22F2N2O/c14-12(15)13(18)17-9-5-6-11(17)10-16-7-3-1-2-4-8-16/h11-12H,1-10H2/t11-/m0/s1. The third-order valence-corrected chi connectivity index (χ3v) is 4.01. The van der Waals surface area contributed by atoms with Crippen LogP contribution in [0.25, 0.3) is 0 Å². The number of carbonyl (C=O) groups is 1. The van der Waals surface area contributed by atoms with E-state index in [4.69, 9.17) is 0 Å². The number of likely N-dealkylation sites (tertiary alicyclic amines) is 2. The van der Waals surface area contributed by atoms with Crippen LogP contribution in [0.4, 0.5) is 8.78 Å². The highest BCUT2D eigenvalue weighted by molar-refractivity contribution is 5.79. The fraction of sp³-hybridized carbons (Fsp3) is 0.923. The summed E-state index contributed by atoms with van der Waals surface area (Å²) in [5, 5.41) is 0. The number of rotatable bonds is 3. The Hall–Kier alpha value is -0.710. The molecule has 0 N–H and O–H groups in total. The fourth-order valence-electron chi connectivity index (χ4n) is 3.06. The molecule has 2 aliphatic rings. The normalized spacial score (nSPS) is 26.6. The Balaban J connectivity index is 1.88. The summed E-state index contributed by atoms with van der Waals surface area (Å²) in [4.78, 5) is 15.2. The Morgan fingerprint density at radius 3 is 2.33 bits per heavy atom. The van der Waals surface area contributed by atoms with Gasteiger partial charge in [-0.3, -0.25) is 4.79 Å². The summed E-state index contributed by atoms with van der Waals surface area (Å²) in [6, 6.07) is 0.00426. The van der Waals surface area contributed by atoms with Gasteiger partial charge in [-0.05, 0) is 38.8 Å². The van der Waals surface area contributed by atoms with Crippen LogP contribution >= 0.6 is 0 Å². The van der Waals surface area contributed by atoms with Gasteiger partial charge in [-0.25, -0.2) is 0 Å². The Kier molecular flexibility index (Phi) is 4.92. The third-order valence-electron chi connectivity index (χ3n) is 4.01.